The number of nitro groups is 1. The lowest BCUT2D eigenvalue weighted by Gasteiger charge is -2.21. The first-order valence-electron chi connectivity index (χ1n) is 9.71. The summed E-state index contributed by atoms with van der Waals surface area (Å²) in [5.41, 5.74) is -1.56. The van der Waals surface area contributed by atoms with Gasteiger partial charge in [-0.25, -0.2) is 0 Å². The van der Waals surface area contributed by atoms with Gasteiger partial charge in [0.05, 0.1) is 21.6 Å². The second kappa shape index (κ2) is 9.16. The SMILES string of the molecule is CCCCC(=O)NC(c1ccc(C(F)(F)F)cn1)c1cc([N+](=O)[O-])c2cccnc2c1O. The van der Waals surface area contributed by atoms with Gasteiger partial charge in [-0.1, -0.05) is 13.3 Å². The molecule has 0 fully saturated rings. The van der Waals surface area contributed by atoms with Crippen LogP contribution in [0.15, 0.2) is 42.7 Å². The molecule has 11 heteroatoms. The van der Waals surface area contributed by atoms with Crippen molar-refractivity contribution >= 4 is 22.5 Å². The maximum atomic E-state index is 12.9. The molecule has 1 unspecified atom stereocenters. The summed E-state index contributed by atoms with van der Waals surface area (Å²) in [5.74, 6) is -0.879. The summed E-state index contributed by atoms with van der Waals surface area (Å²) in [6.07, 6.45) is -1.26. The molecule has 8 nitrogen and oxygen atoms in total. The number of pyridine rings is 2. The van der Waals surface area contributed by atoms with E-state index in [-0.39, 0.29) is 34.3 Å². The summed E-state index contributed by atoms with van der Waals surface area (Å²) in [4.78, 5) is 31.2. The minimum atomic E-state index is -4.61. The third kappa shape index (κ3) is 4.76. The summed E-state index contributed by atoms with van der Waals surface area (Å²) >= 11 is 0. The largest absolute Gasteiger partial charge is 0.505 e. The summed E-state index contributed by atoms with van der Waals surface area (Å²) in [6.45, 7) is 1.88. The van der Waals surface area contributed by atoms with Crippen LogP contribution in [0.4, 0.5) is 18.9 Å². The van der Waals surface area contributed by atoms with Crippen molar-refractivity contribution in [2.45, 2.75) is 38.4 Å². The van der Waals surface area contributed by atoms with Crippen molar-refractivity contribution in [3.8, 4) is 5.75 Å². The number of halogens is 3. The molecule has 2 aromatic heterocycles. The van der Waals surface area contributed by atoms with Crippen molar-refractivity contribution in [3.05, 3.63) is 69.7 Å². The van der Waals surface area contributed by atoms with Gasteiger partial charge in [0.15, 0.2) is 0 Å². The number of fused-ring (bicyclic) bond motifs is 1. The van der Waals surface area contributed by atoms with Crippen LogP contribution in [0.2, 0.25) is 0 Å². The standard InChI is InChI=1S/C21H19F3N4O4/c1-2-3-6-17(29)27-18(15-8-7-12(11-26-15)21(22,23)24)14-10-16(28(31)32)13-5-4-9-25-19(13)20(14)30/h4-5,7-11,18,30H,2-3,6H2,1H3,(H,27,29). The minimum Gasteiger partial charge on any atom is -0.505 e. The molecule has 0 bridgehead atoms. The third-order valence-electron chi connectivity index (χ3n) is 4.85. The Labute approximate surface area is 180 Å². The van der Waals surface area contributed by atoms with E-state index in [1.807, 2.05) is 6.92 Å². The molecule has 1 atom stereocenters. The van der Waals surface area contributed by atoms with Crippen molar-refractivity contribution in [3.63, 3.8) is 0 Å². The molecule has 0 aliphatic carbocycles. The predicted molar refractivity (Wildman–Crippen MR) is 109 cm³/mol. The molecule has 0 saturated heterocycles. The summed E-state index contributed by atoms with van der Waals surface area (Å²) < 4.78 is 38.8. The zero-order chi connectivity index (χ0) is 23.5. The third-order valence-corrected chi connectivity index (χ3v) is 4.85. The fraction of sp³-hybridized carbons (Fsp3) is 0.286. The molecule has 0 spiro atoms. The van der Waals surface area contributed by atoms with Crippen LogP contribution in [-0.2, 0) is 11.0 Å². The summed E-state index contributed by atoms with van der Waals surface area (Å²) in [6, 6.07) is 4.57. The van der Waals surface area contributed by atoms with Gasteiger partial charge in [0.1, 0.15) is 17.3 Å². The molecule has 0 aliphatic heterocycles. The van der Waals surface area contributed by atoms with Gasteiger partial charge < -0.3 is 10.4 Å². The Balaban J connectivity index is 2.17. The maximum Gasteiger partial charge on any atom is 0.417 e. The molecule has 0 aliphatic rings. The fourth-order valence-electron chi connectivity index (χ4n) is 3.23. The van der Waals surface area contributed by atoms with Crippen molar-refractivity contribution in [2.24, 2.45) is 0 Å². The van der Waals surface area contributed by atoms with Crippen LogP contribution in [0.5, 0.6) is 5.75 Å². The molecule has 1 aromatic carbocycles. The van der Waals surface area contributed by atoms with E-state index < -0.39 is 34.4 Å². The molecule has 168 valence electrons. The number of aromatic hydroxyl groups is 1. The number of unbranched alkanes of at least 4 members (excludes halogenated alkanes) is 1. The van der Waals surface area contributed by atoms with Gasteiger partial charge in [-0.3, -0.25) is 24.9 Å². The molecule has 0 saturated carbocycles. The molecule has 32 heavy (non-hydrogen) atoms. The number of phenolic OH excluding ortho intramolecular Hbond substituents is 1. The second-order valence-corrected chi connectivity index (χ2v) is 7.06. The van der Waals surface area contributed by atoms with Crippen LogP contribution >= 0.6 is 0 Å². The first kappa shape index (κ1) is 22.9. The zero-order valence-electron chi connectivity index (χ0n) is 16.9. The Kier molecular flexibility index (Phi) is 6.56. The van der Waals surface area contributed by atoms with Gasteiger partial charge in [0.25, 0.3) is 5.69 Å². The van der Waals surface area contributed by atoms with E-state index in [9.17, 15) is 33.2 Å². The Morgan fingerprint density at radius 3 is 2.62 bits per heavy atom. The van der Waals surface area contributed by atoms with Gasteiger partial charge in [-0.15, -0.1) is 0 Å². The summed E-state index contributed by atoms with van der Waals surface area (Å²) in [5, 5.41) is 25.1. The smallest absolute Gasteiger partial charge is 0.417 e. The van der Waals surface area contributed by atoms with Gasteiger partial charge >= 0.3 is 6.18 Å². The van der Waals surface area contributed by atoms with Crippen molar-refractivity contribution in [1.29, 1.82) is 0 Å². The first-order chi connectivity index (χ1) is 15.1. The van der Waals surface area contributed by atoms with Crippen molar-refractivity contribution in [1.82, 2.24) is 15.3 Å². The number of aromatic nitrogens is 2. The molecule has 3 rings (SSSR count). The average molecular weight is 448 g/mol. The van der Waals surface area contributed by atoms with Crippen LogP contribution < -0.4 is 5.32 Å². The number of nitro benzene ring substituents is 1. The topological polar surface area (TPSA) is 118 Å². The van der Waals surface area contributed by atoms with Gasteiger partial charge in [0.2, 0.25) is 5.91 Å². The molecular weight excluding hydrogens is 429 g/mol. The number of hydrogen-bond donors (Lipinski definition) is 2. The monoisotopic (exact) mass is 448 g/mol. The number of alkyl halides is 3. The maximum absolute atomic E-state index is 12.9. The molecular formula is C21H19F3N4O4. The summed E-state index contributed by atoms with van der Waals surface area (Å²) in [7, 11) is 0. The highest BCUT2D eigenvalue weighted by Crippen LogP contribution is 2.39. The lowest BCUT2D eigenvalue weighted by atomic mass is 9.97. The van der Waals surface area contributed by atoms with Crippen LogP contribution in [0.25, 0.3) is 10.9 Å². The number of carbonyl (C=O) groups is 1. The number of non-ortho nitro benzene ring substituents is 1. The average Bonchev–Trinajstić information content (AvgIpc) is 2.76. The minimum absolute atomic E-state index is 0.0253. The van der Waals surface area contributed by atoms with E-state index in [1.165, 1.54) is 18.3 Å². The number of benzene rings is 1. The molecule has 0 radical (unpaired) electrons. The van der Waals surface area contributed by atoms with Gasteiger partial charge in [0, 0.05) is 30.4 Å². The van der Waals surface area contributed by atoms with Gasteiger partial charge in [-0.2, -0.15) is 13.2 Å². The number of nitrogens with one attached hydrogen (secondary N) is 1. The highest BCUT2D eigenvalue weighted by atomic mass is 19.4. The predicted octanol–water partition coefficient (Wildman–Crippen LogP) is 4.66. The Morgan fingerprint density at radius 2 is 2.03 bits per heavy atom. The first-order valence-corrected chi connectivity index (χ1v) is 9.71. The Hall–Kier alpha value is -3.76. The second-order valence-electron chi connectivity index (χ2n) is 7.06. The lowest BCUT2D eigenvalue weighted by molar-refractivity contribution is -0.383. The van der Waals surface area contributed by atoms with Crippen LogP contribution in [0.1, 0.15) is 49.0 Å². The van der Waals surface area contributed by atoms with Crippen LogP contribution in [0, 0.1) is 10.1 Å². The lowest BCUT2D eigenvalue weighted by Crippen LogP contribution is -2.30. The Morgan fingerprint density at radius 1 is 1.28 bits per heavy atom. The molecule has 1 amide bonds. The van der Waals surface area contributed by atoms with E-state index in [4.69, 9.17) is 0 Å². The van der Waals surface area contributed by atoms with E-state index >= 15 is 0 Å². The van der Waals surface area contributed by atoms with E-state index in [2.05, 4.69) is 15.3 Å². The number of phenols is 1. The van der Waals surface area contributed by atoms with Crippen LogP contribution in [0.3, 0.4) is 0 Å². The zero-order valence-corrected chi connectivity index (χ0v) is 16.9. The normalized spacial score (nSPS) is 12.5. The van der Waals surface area contributed by atoms with Crippen LogP contribution in [-0.4, -0.2) is 25.9 Å². The highest BCUT2D eigenvalue weighted by molar-refractivity contribution is 5.93. The highest BCUT2D eigenvalue weighted by Gasteiger charge is 2.32. The fourth-order valence-corrected chi connectivity index (χ4v) is 3.23. The number of carbonyl (C=O) groups excluding carboxylic acids is 1. The van der Waals surface area contributed by atoms with Gasteiger partial charge in [-0.05, 0) is 30.7 Å². The number of amides is 1. The van der Waals surface area contributed by atoms with Crippen molar-refractivity contribution in [2.75, 3.05) is 0 Å². The number of nitrogens with zero attached hydrogens (tertiary/aromatic N) is 3. The molecule has 2 N–H and O–H groups in total. The van der Waals surface area contributed by atoms with Crippen molar-refractivity contribution < 1.29 is 28.0 Å². The molecule has 2 heterocycles. The quantitative estimate of drug-likeness (QED) is 0.401. The van der Waals surface area contributed by atoms with E-state index in [0.717, 1.165) is 24.6 Å². The van der Waals surface area contributed by atoms with E-state index in [0.29, 0.717) is 12.6 Å². The van der Waals surface area contributed by atoms with E-state index in [1.54, 1.807) is 0 Å². The number of hydrogen-bond acceptors (Lipinski definition) is 6. The Bertz CT molecular complexity index is 1150. The number of rotatable bonds is 7. The molecule has 3 aromatic rings.